The van der Waals surface area contributed by atoms with Gasteiger partial charge in [0, 0.05) is 6.42 Å². The van der Waals surface area contributed by atoms with E-state index >= 15 is 0 Å². The summed E-state index contributed by atoms with van der Waals surface area (Å²) in [6.07, 6.45) is 6.74. The van der Waals surface area contributed by atoms with Gasteiger partial charge < -0.3 is 15.2 Å². The van der Waals surface area contributed by atoms with Crippen LogP contribution in [0.2, 0.25) is 0 Å². The molecule has 0 aromatic heterocycles. The van der Waals surface area contributed by atoms with E-state index in [9.17, 15) is 4.79 Å². The number of unbranched alkanes of at least 4 members (excludes halogenated alkanes) is 1. The van der Waals surface area contributed by atoms with Crippen LogP contribution in [0.4, 0.5) is 0 Å². The second-order valence-electron chi connectivity index (χ2n) is 6.25. The Morgan fingerprint density at radius 3 is 2.96 bits per heavy atom. The van der Waals surface area contributed by atoms with Crippen molar-refractivity contribution in [3.05, 3.63) is 29.3 Å². The van der Waals surface area contributed by atoms with Gasteiger partial charge in [0.2, 0.25) is 0 Å². The molecule has 1 aromatic rings. The van der Waals surface area contributed by atoms with Crippen LogP contribution < -0.4 is 10.5 Å². The highest BCUT2D eigenvalue weighted by Crippen LogP contribution is 2.29. The molecular weight excluding hydrogens is 290 g/mol. The Hall–Kier alpha value is -1.55. The van der Waals surface area contributed by atoms with E-state index in [1.54, 1.807) is 0 Å². The fourth-order valence-corrected chi connectivity index (χ4v) is 3.19. The van der Waals surface area contributed by atoms with Crippen LogP contribution in [0, 0.1) is 5.92 Å². The third-order valence-electron chi connectivity index (χ3n) is 4.37. The summed E-state index contributed by atoms with van der Waals surface area (Å²) in [6, 6.07) is 6.40. The van der Waals surface area contributed by atoms with Crippen LogP contribution in [0.15, 0.2) is 18.2 Å². The van der Waals surface area contributed by atoms with Crippen LogP contribution in [0.25, 0.3) is 0 Å². The Balaban J connectivity index is 1.96. The first-order chi connectivity index (χ1) is 11.2. The molecule has 1 aliphatic carbocycles. The molecule has 0 radical (unpaired) electrons. The maximum absolute atomic E-state index is 11.7. The number of esters is 1. The Labute approximate surface area is 139 Å². The zero-order chi connectivity index (χ0) is 16.5. The molecule has 0 fully saturated rings. The normalized spacial score (nSPS) is 17.2. The zero-order valence-electron chi connectivity index (χ0n) is 14.2. The van der Waals surface area contributed by atoms with E-state index in [0.29, 0.717) is 32.1 Å². The van der Waals surface area contributed by atoms with Gasteiger partial charge in [-0.1, -0.05) is 6.07 Å². The maximum atomic E-state index is 11.7. The van der Waals surface area contributed by atoms with Gasteiger partial charge in [-0.25, -0.2) is 0 Å². The first-order valence-electron chi connectivity index (χ1n) is 8.83. The van der Waals surface area contributed by atoms with Gasteiger partial charge in [-0.15, -0.1) is 0 Å². The molecule has 0 spiro atoms. The van der Waals surface area contributed by atoms with Crippen molar-refractivity contribution >= 4 is 5.97 Å². The van der Waals surface area contributed by atoms with E-state index in [1.807, 2.05) is 6.92 Å². The summed E-state index contributed by atoms with van der Waals surface area (Å²) in [7, 11) is 0. The fraction of sp³-hybridized carbons (Fsp3) is 0.632. The van der Waals surface area contributed by atoms with E-state index < -0.39 is 0 Å². The quantitative estimate of drug-likeness (QED) is 0.454. The maximum Gasteiger partial charge on any atom is 0.306 e. The van der Waals surface area contributed by atoms with Crippen molar-refractivity contribution in [2.75, 3.05) is 19.8 Å². The molecule has 1 atom stereocenters. The number of ether oxygens (including phenoxy) is 2. The lowest BCUT2D eigenvalue weighted by atomic mass is 9.94. The summed E-state index contributed by atoms with van der Waals surface area (Å²) in [5, 5.41) is 0. The van der Waals surface area contributed by atoms with Gasteiger partial charge in [-0.2, -0.15) is 0 Å². The minimum absolute atomic E-state index is 0.0739. The van der Waals surface area contributed by atoms with Crippen molar-refractivity contribution in [3.8, 4) is 5.75 Å². The predicted octanol–water partition coefficient (Wildman–Crippen LogP) is 3.25. The van der Waals surface area contributed by atoms with Crippen molar-refractivity contribution in [1.29, 1.82) is 0 Å². The number of rotatable bonds is 8. The SMILES string of the molecule is CCOC(=O)CC1CCCc2ccc(OCCCCN)cc2C1. The third-order valence-corrected chi connectivity index (χ3v) is 4.37. The van der Waals surface area contributed by atoms with Crippen LogP contribution in [0.5, 0.6) is 5.75 Å². The van der Waals surface area contributed by atoms with Crippen molar-refractivity contribution in [1.82, 2.24) is 0 Å². The standard InChI is InChI=1S/C19H29NO3/c1-2-22-19(21)13-15-6-5-7-16-8-9-18(14-17(16)12-15)23-11-4-3-10-20/h8-9,14-15H,2-7,10-13,20H2,1H3. The highest BCUT2D eigenvalue weighted by Gasteiger charge is 2.20. The molecule has 128 valence electrons. The molecule has 0 amide bonds. The van der Waals surface area contributed by atoms with Crippen LogP contribution in [-0.4, -0.2) is 25.7 Å². The van der Waals surface area contributed by atoms with E-state index in [0.717, 1.165) is 44.3 Å². The Kier molecular flexibility index (Phi) is 7.40. The molecule has 0 saturated carbocycles. The molecule has 2 N–H and O–H groups in total. The molecule has 0 heterocycles. The summed E-state index contributed by atoms with van der Waals surface area (Å²) >= 11 is 0. The largest absolute Gasteiger partial charge is 0.494 e. The number of benzene rings is 1. The van der Waals surface area contributed by atoms with Gasteiger partial charge in [0.15, 0.2) is 0 Å². The molecule has 23 heavy (non-hydrogen) atoms. The number of nitrogens with two attached hydrogens (primary N) is 1. The zero-order valence-corrected chi connectivity index (χ0v) is 14.2. The van der Waals surface area contributed by atoms with Crippen molar-refractivity contribution in [3.63, 3.8) is 0 Å². The minimum Gasteiger partial charge on any atom is -0.494 e. The topological polar surface area (TPSA) is 61.5 Å². The van der Waals surface area contributed by atoms with Crippen LogP contribution in [0.3, 0.4) is 0 Å². The average Bonchev–Trinajstić information content (AvgIpc) is 2.73. The molecule has 0 aliphatic heterocycles. The highest BCUT2D eigenvalue weighted by molar-refractivity contribution is 5.69. The number of aryl methyl sites for hydroxylation is 1. The second-order valence-corrected chi connectivity index (χ2v) is 6.25. The Morgan fingerprint density at radius 2 is 2.17 bits per heavy atom. The van der Waals surface area contributed by atoms with E-state index in [2.05, 4.69) is 18.2 Å². The first-order valence-corrected chi connectivity index (χ1v) is 8.83. The van der Waals surface area contributed by atoms with E-state index in [4.69, 9.17) is 15.2 Å². The van der Waals surface area contributed by atoms with E-state index in [-0.39, 0.29) is 5.97 Å². The first kappa shape index (κ1) is 17.8. The number of hydrogen-bond acceptors (Lipinski definition) is 4. The number of carbonyl (C=O) groups excluding carboxylic acids is 1. The number of hydrogen-bond donors (Lipinski definition) is 1. The number of carbonyl (C=O) groups is 1. The lowest BCUT2D eigenvalue weighted by Gasteiger charge is -2.15. The fourth-order valence-electron chi connectivity index (χ4n) is 3.19. The van der Waals surface area contributed by atoms with Crippen LogP contribution in [-0.2, 0) is 22.4 Å². The molecule has 1 aromatic carbocycles. The van der Waals surface area contributed by atoms with Crippen LogP contribution in [0.1, 0.15) is 50.2 Å². The highest BCUT2D eigenvalue weighted by atomic mass is 16.5. The summed E-state index contributed by atoms with van der Waals surface area (Å²) in [5.41, 5.74) is 8.22. The van der Waals surface area contributed by atoms with Gasteiger partial charge in [-0.3, -0.25) is 4.79 Å². The molecule has 0 saturated heterocycles. The van der Waals surface area contributed by atoms with Crippen molar-refractivity contribution < 1.29 is 14.3 Å². The molecule has 2 rings (SSSR count). The Morgan fingerprint density at radius 1 is 1.30 bits per heavy atom. The second kappa shape index (κ2) is 9.56. The summed E-state index contributed by atoms with van der Waals surface area (Å²) in [5.74, 6) is 1.23. The summed E-state index contributed by atoms with van der Waals surface area (Å²) in [4.78, 5) is 11.7. The summed E-state index contributed by atoms with van der Waals surface area (Å²) in [6.45, 7) is 3.74. The van der Waals surface area contributed by atoms with Gasteiger partial charge in [0.1, 0.15) is 5.75 Å². The smallest absolute Gasteiger partial charge is 0.306 e. The molecule has 0 bridgehead atoms. The predicted molar refractivity (Wildman–Crippen MR) is 91.6 cm³/mol. The number of fused-ring (bicyclic) bond motifs is 1. The minimum atomic E-state index is -0.0739. The van der Waals surface area contributed by atoms with Gasteiger partial charge in [-0.05, 0) is 81.2 Å². The van der Waals surface area contributed by atoms with Crippen molar-refractivity contribution in [2.24, 2.45) is 11.7 Å². The lowest BCUT2D eigenvalue weighted by molar-refractivity contribution is -0.144. The lowest BCUT2D eigenvalue weighted by Crippen LogP contribution is -2.13. The summed E-state index contributed by atoms with van der Waals surface area (Å²) < 4.78 is 10.9. The Bertz CT molecular complexity index is 501. The monoisotopic (exact) mass is 319 g/mol. The van der Waals surface area contributed by atoms with Gasteiger partial charge >= 0.3 is 5.97 Å². The third kappa shape index (κ3) is 5.87. The molecule has 1 aliphatic rings. The van der Waals surface area contributed by atoms with Crippen LogP contribution >= 0.6 is 0 Å². The molecule has 4 heteroatoms. The molecule has 1 unspecified atom stereocenters. The van der Waals surface area contributed by atoms with Crippen molar-refractivity contribution in [2.45, 2.75) is 51.9 Å². The molecular formula is C19H29NO3. The van der Waals surface area contributed by atoms with Gasteiger partial charge in [0.05, 0.1) is 13.2 Å². The average molecular weight is 319 g/mol. The van der Waals surface area contributed by atoms with E-state index in [1.165, 1.54) is 11.1 Å². The molecule has 4 nitrogen and oxygen atoms in total. The van der Waals surface area contributed by atoms with Gasteiger partial charge in [0.25, 0.3) is 0 Å².